The van der Waals surface area contributed by atoms with Crippen LogP contribution in [0.1, 0.15) is 32.0 Å². The topological polar surface area (TPSA) is 89.8 Å². The highest BCUT2D eigenvalue weighted by molar-refractivity contribution is 7.15. The van der Waals surface area contributed by atoms with E-state index in [0.29, 0.717) is 21.9 Å². The zero-order valence-corrected chi connectivity index (χ0v) is 16.8. The minimum Gasteiger partial charge on any atom is -0.456 e. The summed E-state index contributed by atoms with van der Waals surface area (Å²) in [5, 5.41) is 4.54. The number of fused-ring (bicyclic) bond motifs is 1. The van der Waals surface area contributed by atoms with E-state index in [-0.39, 0.29) is 23.6 Å². The Balaban J connectivity index is 1.44. The average molecular weight is 419 g/mol. The first-order valence-corrected chi connectivity index (χ1v) is 9.98. The minimum atomic E-state index is -0.574. The molecule has 0 unspecified atom stereocenters. The fourth-order valence-electron chi connectivity index (χ4n) is 2.90. The van der Waals surface area contributed by atoms with E-state index in [1.807, 2.05) is 19.1 Å². The molecule has 0 bridgehead atoms. The summed E-state index contributed by atoms with van der Waals surface area (Å²) in [6.45, 7) is 1.79. The quantitative estimate of drug-likeness (QED) is 0.499. The number of hydrogen-bond acceptors (Lipinski definition) is 6. The zero-order chi connectivity index (χ0) is 21.1. The monoisotopic (exact) mass is 419 g/mol. The van der Waals surface area contributed by atoms with E-state index in [2.05, 4.69) is 10.3 Å². The van der Waals surface area contributed by atoms with Gasteiger partial charge >= 0.3 is 5.97 Å². The maximum atomic E-state index is 12.4. The van der Waals surface area contributed by atoms with Crippen LogP contribution >= 0.6 is 11.3 Å². The summed E-state index contributed by atoms with van der Waals surface area (Å²) >= 11 is 1.32. The van der Waals surface area contributed by atoms with E-state index < -0.39 is 5.97 Å². The first kappa shape index (κ1) is 19.5. The van der Waals surface area contributed by atoms with E-state index in [9.17, 15) is 14.4 Å². The van der Waals surface area contributed by atoms with Gasteiger partial charge in [0.05, 0.1) is 11.3 Å². The number of nitrogens with zero attached hydrogens (tertiary/aromatic N) is 2. The number of benzene rings is 2. The van der Waals surface area contributed by atoms with Gasteiger partial charge in [-0.1, -0.05) is 23.8 Å². The molecule has 4 aromatic rings. The van der Waals surface area contributed by atoms with E-state index in [0.717, 1.165) is 5.56 Å². The van der Waals surface area contributed by atoms with Crippen LogP contribution in [0.25, 0.3) is 4.96 Å². The summed E-state index contributed by atoms with van der Waals surface area (Å²) in [4.78, 5) is 41.7. The summed E-state index contributed by atoms with van der Waals surface area (Å²) in [7, 11) is 0. The molecule has 0 aliphatic carbocycles. The lowest BCUT2D eigenvalue weighted by atomic mass is 10.1. The van der Waals surface area contributed by atoms with Crippen molar-refractivity contribution in [3.63, 3.8) is 0 Å². The Morgan fingerprint density at radius 2 is 1.90 bits per heavy atom. The average Bonchev–Trinajstić information content (AvgIpc) is 3.21. The standard InChI is InChI=1S/C22H17N3O4S/c1-14-4-2-5-15(10-14)20(27)23-17-7-3-6-16(11-17)21(28)29-13-18-12-19(26)25-8-9-30-22(25)24-18/h2-12H,13H2,1H3,(H,23,27). The number of aromatic nitrogens is 2. The number of anilines is 1. The van der Waals surface area contributed by atoms with Crippen LogP contribution in [-0.4, -0.2) is 21.3 Å². The number of rotatable bonds is 5. The van der Waals surface area contributed by atoms with Crippen molar-refractivity contribution in [1.82, 2.24) is 9.38 Å². The normalized spacial score (nSPS) is 10.7. The third kappa shape index (κ3) is 4.28. The van der Waals surface area contributed by atoms with Gasteiger partial charge in [0.2, 0.25) is 0 Å². The molecule has 0 radical (unpaired) electrons. The van der Waals surface area contributed by atoms with Crippen molar-refractivity contribution in [2.75, 3.05) is 5.32 Å². The molecule has 0 aliphatic rings. The number of hydrogen-bond donors (Lipinski definition) is 1. The van der Waals surface area contributed by atoms with Crippen LogP contribution in [0.2, 0.25) is 0 Å². The Kier molecular flexibility index (Phi) is 5.40. The number of thiazole rings is 1. The molecule has 7 nitrogen and oxygen atoms in total. The number of nitrogens with one attached hydrogen (secondary N) is 1. The lowest BCUT2D eigenvalue weighted by Crippen LogP contribution is -2.15. The van der Waals surface area contributed by atoms with Crippen molar-refractivity contribution in [1.29, 1.82) is 0 Å². The molecule has 2 aromatic carbocycles. The predicted octanol–water partition coefficient (Wildman–Crippen LogP) is 3.67. The van der Waals surface area contributed by atoms with Gasteiger partial charge in [-0.25, -0.2) is 9.78 Å². The van der Waals surface area contributed by atoms with Gasteiger partial charge in [0, 0.05) is 28.9 Å². The second kappa shape index (κ2) is 8.30. The molecule has 2 aromatic heterocycles. The molecule has 4 rings (SSSR count). The molecule has 0 saturated carbocycles. The summed E-state index contributed by atoms with van der Waals surface area (Å²) in [5.41, 5.74) is 2.42. The lowest BCUT2D eigenvalue weighted by Gasteiger charge is -2.08. The van der Waals surface area contributed by atoms with Gasteiger partial charge in [-0.2, -0.15) is 0 Å². The van der Waals surface area contributed by atoms with Crippen LogP contribution < -0.4 is 10.9 Å². The lowest BCUT2D eigenvalue weighted by molar-refractivity contribution is 0.0467. The fraction of sp³-hybridized carbons (Fsp3) is 0.0909. The molecular weight excluding hydrogens is 402 g/mol. The molecule has 0 atom stereocenters. The molecule has 0 saturated heterocycles. The first-order valence-electron chi connectivity index (χ1n) is 9.10. The van der Waals surface area contributed by atoms with Crippen molar-refractivity contribution in [3.8, 4) is 0 Å². The van der Waals surface area contributed by atoms with Gasteiger partial charge in [0.25, 0.3) is 11.5 Å². The maximum absolute atomic E-state index is 12.4. The zero-order valence-electron chi connectivity index (χ0n) is 16.0. The van der Waals surface area contributed by atoms with Crippen LogP contribution in [-0.2, 0) is 11.3 Å². The summed E-state index contributed by atoms with van der Waals surface area (Å²) < 4.78 is 6.72. The van der Waals surface area contributed by atoms with Crippen LogP contribution in [0.4, 0.5) is 5.69 Å². The Morgan fingerprint density at radius 1 is 1.10 bits per heavy atom. The maximum Gasteiger partial charge on any atom is 0.338 e. The van der Waals surface area contributed by atoms with E-state index in [1.54, 1.807) is 48.0 Å². The molecule has 8 heteroatoms. The Hall–Kier alpha value is -3.78. The fourth-order valence-corrected chi connectivity index (χ4v) is 3.64. The van der Waals surface area contributed by atoms with Crippen LogP contribution in [0.15, 0.2) is 71.0 Å². The second-order valence-electron chi connectivity index (χ2n) is 6.62. The molecule has 1 N–H and O–H groups in total. The third-order valence-electron chi connectivity index (χ3n) is 4.34. The molecule has 0 fully saturated rings. The molecule has 0 spiro atoms. The third-order valence-corrected chi connectivity index (χ3v) is 5.10. The Bertz CT molecular complexity index is 1310. The highest BCUT2D eigenvalue weighted by Crippen LogP contribution is 2.15. The van der Waals surface area contributed by atoms with E-state index in [1.165, 1.54) is 21.8 Å². The second-order valence-corrected chi connectivity index (χ2v) is 7.49. The van der Waals surface area contributed by atoms with Gasteiger partial charge in [0.15, 0.2) is 4.96 Å². The Morgan fingerprint density at radius 3 is 2.73 bits per heavy atom. The van der Waals surface area contributed by atoms with Crippen molar-refractivity contribution in [2.45, 2.75) is 13.5 Å². The largest absolute Gasteiger partial charge is 0.456 e. The summed E-state index contributed by atoms with van der Waals surface area (Å²) in [5.74, 6) is -0.840. The van der Waals surface area contributed by atoms with Gasteiger partial charge in [0.1, 0.15) is 6.61 Å². The number of carbonyl (C=O) groups is 2. The summed E-state index contributed by atoms with van der Waals surface area (Å²) in [6.07, 6.45) is 1.64. The molecular formula is C22H17N3O4S. The van der Waals surface area contributed by atoms with Gasteiger partial charge < -0.3 is 10.1 Å². The number of aryl methyl sites for hydroxylation is 1. The van der Waals surface area contributed by atoms with Crippen molar-refractivity contribution < 1.29 is 14.3 Å². The molecule has 150 valence electrons. The summed E-state index contributed by atoms with van der Waals surface area (Å²) in [6, 6.07) is 15.1. The smallest absolute Gasteiger partial charge is 0.338 e. The van der Waals surface area contributed by atoms with Gasteiger partial charge in [-0.15, -0.1) is 11.3 Å². The molecule has 0 aliphatic heterocycles. The molecule has 2 heterocycles. The highest BCUT2D eigenvalue weighted by atomic mass is 32.1. The number of esters is 1. The van der Waals surface area contributed by atoms with Crippen LogP contribution in [0, 0.1) is 6.92 Å². The van der Waals surface area contributed by atoms with E-state index in [4.69, 9.17) is 4.74 Å². The van der Waals surface area contributed by atoms with Gasteiger partial charge in [-0.3, -0.25) is 14.0 Å². The van der Waals surface area contributed by atoms with Crippen LogP contribution in [0.3, 0.4) is 0 Å². The van der Waals surface area contributed by atoms with E-state index >= 15 is 0 Å². The predicted molar refractivity (Wildman–Crippen MR) is 114 cm³/mol. The number of carbonyl (C=O) groups excluding carboxylic acids is 2. The molecule has 1 amide bonds. The SMILES string of the molecule is Cc1cccc(C(=O)Nc2cccc(C(=O)OCc3cc(=O)n4ccsc4n3)c2)c1. The minimum absolute atomic E-state index is 0.123. The first-order chi connectivity index (χ1) is 14.5. The molecule has 30 heavy (non-hydrogen) atoms. The Labute approximate surface area is 175 Å². The van der Waals surface area contributed by atoms with Crippen molar-refractivity contribution >= 4 is 33.9 Å². The number of ether oxygens (including phenoxy) is 1. The number of amides is 1. The van der Waals surface area contributed by atoms with Crippen molar-refractivity contribution in [2.24, 2.45) is 0 Å². The van der Waals surface area contributed by atoms with Crippen molar-refractivity contribution in [3.05, 3.63) is 98.9 Å². The van der Waals surface area contributed by atoms with Crippen LogP contribution in [0.5, 0.6) is 0 Å². The van der Waals surface area contributed by atoms with Gasteiger partial charge in [-0.05, 0) is 37.3 Å². The highest BCUT2D eigenvalue weighted by Gasteiger charge is 2.12.